The lowest BCUT2D eigenvalue weighted by molar-refractivity contribution is -0.116. The van der Waals surface area contributed by atoms with Gasteiger partial charge in [-0.15, -0.1) is 0 Å². The summed E-state index contributed by atoms with van der Waals surface area (Å²) in [6.07, 6.45) is 0. The third-order valence-electron chi connectivity index (χ3n) is 2.97. The zero-order valence-corrected chi connectivity index (χ0v) is 13.0. The predicted molar refractivity (Wildman–Crippen MR) is 86.4 cm³/mol. The summed E-state index contributed by atoms with van der Waals surface area (Å²) in [5.74, 6) is -3.13. The molecular formula is C16H15F3N2OS. The van der Waals surface area contributed by atoms with Gasteiger partial charge in [-0.1, -0.05) is 11.8 Å². The third kappa shape index (κ3) is 5.52. The van der Waals surface area contributed by atoms with E-state index < -0.39 is 11.8 Å². The van der Waals surface area contributed by atoms with E-state index in [-0.39, 0.29) is 11.7 Å². The maximum absolute atomic E-state index is 12.8. The molecule has 0 saturated heterocycles. The zero-order chi connectivity index (χ0) is 16.8. The number of carbonyl (C=O) groups excluding carboxylic acids is 1. The van der Waals surface area contributed by atoms with Gasteiger partial charge in [-0.2, -0.15) is 8.78 Å². The van der Waals surface area contributed by atoms with Crippen LogP contribution in [0.25, 0.3) is 0 Å². The first-order valence-corrected chi connectivity index (χ1v) is 7.70. The fourth-order valence-corrected chi connectivity index (χ4v) is 2.33. The molecule has 0 aliphatic carbocycles. The maximum atomic E-state index is 12.8. The number of hydrogen-bond donors (Lipinski definition) is 2. The standard InChI is InChI=1S/C16H15F3N2OS/c1-10(15(22)21-13-4-2-11(17)3-5-13)20-12-6-8-14(9-7-12)23-16(18)19/h2-10,16,20H,1H3,(H,21,22)/t10-/m0/s1. The van der Waals surface area contributed by atoms with Gasteiger partial charge in [-0.25, -0.2) is 4.39 Å². The fraction of sp³-hybridized carbons (Fsp3) is 0.188. The van der Waals surface area contributed by atoms with Crippen molar-refractivity contribution in [2.75, 3.05) is 10.6 Å². The van der Waals surface area contributed by atoms with E-state index >= 15 is 0 Å². The number of alkyl halides is 2. The van der Waals surface area contributed by atoms with E-state index in [1.54, 1.807) is 31.2 Å². The summed E-state index contributed by atoms with van der Waals surface area (Å²) in [7, 11) is 0. The van der Waals surface area contributed by atoms with E-state index in [1.807, 2.05) is 0 Å². The number of hydrogen-bond acceptors (Lipinski definition) is 3. The van der Waals surface area contributed by atoms with E-state index in [9.17, 15) is 18.0 Å². The molecule has 0 saturated carbocycles. The summed E-state index contributed by atoms with van der Waals surface area (Å²) >= 11 is 0.464. The van der Waals surface area contributed by atoms with E-state index in [4.69, 9.17) is 0 Å². The number of benzene rings is 2. The maximum Gasteiger partial charge on any atom is 0.288 e. The van der Waals surface area contributed by atoms with Crippen LogP contribution in [0.5, 0.6) is 0 Å². The first-order chi connectivity index (χ1) is 10.9. The molecule has 3 nitrogen and oxygen atoms in total. The minimum Gasteiger partial charge on any atom is -0.374 e. The van der Waals surface area contributed by atoms with Crippen LogP contribution in [-0.4, -0.2) is 17.7 Å². The smallest absolute Gasteiger partial charge is 0.288 e. The molecule has 2 aromatic carbocycles. The summed E-state index contributed by atoms with van der Waals surface area (Å²) in [4.78, 5) is 12.5. The molecule has 0 radical (unpaired) electrons. The number of nitrogens with one attached hydrogen (secondary N) is 2. The Balaban J connectivity index is 1.91. The molecule has 1 amide bonds. The van der Waals surface area contributed by atoms with Crippen LogP contribution < -0.4 is 10.6 Å². The van der Waals surface area contributed by atoms with Crippen molar-refractivity contribution in [2.45, 2.75) is 23.6 Å². The van der Waals surface area contributed by atoms with Gasteiger partial charge in [0.05, 0.1) is 0 Å². The summed E-state index contributed by atoms with van der Waals surface area (Å²) < 4.78 is 37.3. The zero-order valence-electron chi connectivity index (χ0n) is 12.2. The topological polar surface area (TPSA) is 41.1 Å². The van der Waals surface area contributed by atoms with Crippen LogP contribution in [0.4, 0.5) is 24.5 Å². The molecule has 0 heterocycles. The molecule has 0 aliphatic rings. The molecule has 2 N–H and O–H groups in total. The molecule has 0 bridgehead atoms. The molecule has 0 spiro atoms. The number of thioether (sulfide) groups is 1. The second-order valence-corrected chi connectivity index (χ2v) is 5.83. The normalized spacial score (nSPS) is 12.0. The van der Waals surface area contributed by atoms with Gasteiger partial charge < -0.3 is 10.6 Å². The Labute approximate surface area is 136 Å². The van der Waals surface area contributed by atoms with Gasteiger partial charge in [0, 0.05) is 16.3 Å². The summed E-state index contributed by atoms with van der Waals surface area (Å²) in [6.45, 7) is 1.67. The molecular weight excluding hydrogens is 325 g/mol. The highest BCUT2D eigenvalue weighted by molar-refractivity contribution is 7.99. The quantitative estimate of drug-likeness (QED) is 0.756. The largest absolute Gasteiger partial charge is 0.374 e. The van der Waals surface area contributed by atoms with Crippen molar-refractivity contribution in [2.24, 2.45) is 0 Å². The SMILES string of the molecule is C[C@H](Nc1ccc(SC(F)F)cc1)C(=O)Nc1ccc(F)cc1. The fourth-order valence-electron chi connectivity index (χ4n) is 1.83. The van der Waals surface area contributed by atoms with Gasteiger partial charge in [0.15, 0.2) is 0 Å². The molecule has 0 unspecified atom stereocenters. The lowest BCUT2D eigenvalue weighted by Crippen LogP contribution is -2.31. The van der Waals surface area contributed by atoms with Gasteiger partial charge in [-0.3, -0.25) is 4.79 Å². The van der Waals surface area contributed by atoms with Crippen molar-refractivity contribution in [3.63, 3.8) is 0 Å². The van der Waals surface area contributed by atoms with Gasteiger partial charge in [0.1, 0.15) is 11.9 Å². The molecule has 122 valence electrons. The lowest BCUT2D eigenvalue weighted by Gasteiger charge is -2.15. The minimum atomic E-state index is -2.46. The molecule has 7 heteroatoms. The predicted octanol–water partition coefficient (Wildman–Crippen LogP) is 4.58. The van der Waals surface area contributed by atoms with E-state index in [0.717, 1.165) is 0 Å². The van der Waals surface area contributed by atoms with E-state index in [0.29, 0.717) is 28.0 Å². The van der Waals surface area contributed by atoms with Crippen molar-refractivity contribution >= 4 is 29.0 Å². The Morgan fingerprint density at radius 2 is 1.57 bits per heavy atom. The molecule has 2 aromatic rings. The Morgan fingerprint density at radius 1 is 1.00 bits per heavy atom. The van der Waals surface area contributed by atoms with Crippen molar-refractivity contribution in [1.29, 1.82) is 0 Å². The van der Waals surface area contributed by atoms with Crippen LogP contribution in [0.15, 0.2) is 53.4 Å². The van der Waals surface area contributed by atoms with Gasteiger partial charge in [-0.05, 0) is 55.5 Å². The van der Waals surface area contributed by atoms with Crippen LogP contribution in [0.3, 0.4) is 0 Å². The Hall–Kier alpha value is -2.15. The molecule has 2 rings (SSSR count). The monoisotopic (exact) mass is 340 g/mol. The van der Waals surface area contributed by atoms with Crippen molar-refractivity contribution < 1.29 is 18.0 Å². The third-order valence-corrected chi connectivity index (χ3v) is 3.69. The second kappa shape index (κ2) is 7.92. The average Bonchev–Trinajstić information content (AvgIpc) is 2.51. The van der Waals surface area contributed by atoms with Crippen LogP contribution >= 0.6 is 11.8 Å². The molecule has 0 aromatic heterocycles. The lowest BCUT2D eigenvalue weighted by atomic mass is 10.2. The van der Waals surface area contributed by atoms with E-state index in [2.05, 4.69) is 10.6 Å². The van der Waals surface area contributed by atoms with Gasteiger partial charge in [0.2, 0.25) is 5.91 Å². The minimum absolute atomic E-state index is 0.289. The molecule has 1 atom stereocenters. The molecule has 0 aliphatic heterocycles. The van der Waals surface area contributed by atoms with Crippen LogP contribution in [0.2, 0.25) is 0 Å². The Bertz CT molecular complexity index is 647. The average molecular weight is 340 g/mol. The van der Waals surface area contributed by atoms with Gasteiger partial charge in [0.25, 0.3) is 5.76 Å². The first kappa shape index (κ1) is 17.2. The van der Waals surface area contributed by atoms with E-state index in [1.165, 1.54) is 24.3 Å². The number of rotatable bonds is 6. The Kier molecular flexibility index (Phi) is 5.92. The second-order valence-electron chi connectivity index (χ2n) is 4.77. The summed E-state index contributed by atoms with van der Waals surface area (Å²) in [6, 6.07) is 11.3. The summed E-state index contributed by atoms with van der Waals surface area (Å²) in [5.41, 5.74) is 1.14. The number of carbonyl (C=O) groups is 1. The highest BCUT2D eigenvalue weighted by Crippen LogP contribution is 2.26. The van der Waals surface area contributed by atoms with Crippen molar-refractivity contribution in [3.05, 3.63) is 54.3 Å². The van der Waals surface area contributed by atoms with Crippen molar-refractivity contribution in [1.82, 2.24) is 0 Å². The highest BCUT2D eigenvalue weighted by Gasteiger charge is 2.13. The summed E-state index contributed by atoms with van der Waals surface area (Å²) in [5, 5.41) is 5.63. The number of amides is 1. The molecule has 0 fully saturated rings. The number of anilines is 2. The van der Waals surface area contributed by atoms with Crippen LogP contribution in [0.1, 0.15) is 6.92 Å². The van der Waals surface area contributed by atoms with Gasteiger partial charge >= 0.3 is 0 Å². The van der Waals surface area contributed by atoms with Crippen molar-refractivity contribution in [3.8, 4) is 0 Å². The van der Waals surface area contributed by atoms with Crippen LogP contribution in [-0.2, 0) is 4.79 Å². The highest BCUT2D eigenvalue weighted by atomic mass is 32.2. The first-order valence-electron chi connectivity index (χ1n) is 6.82. The van der Waals surface area contributed by atoms with Crippen LogP contribution in [0, 0.1) is 5.82 Å². The molecule has 23 heavy (non-hydrogen) atoms. The Morgan fingerprint density at radius 3 is 2.13 bits per heavy atom. The number of halogens is 3.